The molecule has 0 saturated heterocycles. The summed E-state index contributed by atoms with van der Waals surface area (Å²) in [5.74, 6) is 0.296. The van der Waals surface area contributed by atoms with Gasteiger partial charge in [0.15, 0.2) is 0 Å². The highest BCUT2D eigenvalue weighted by molar-refractivity contribution is 6.04. The lowest BCUT2D eigenvalue weighted by Crippen LogP contribution is -2.13. The van der Waals surface area contributed by atoms with Crippen LogP contribution in [0.1, 0.15) is 10.4 Å². The minimum Gasteiger partial charge on any atom is -0.378 e. The molecule has 7 heteroatoms. The van der Waals surface area contributed by atoms with Crippen LogP contribution in [0.2, 0.25) is 0 Å². The van der Waals surface area contributed by atoms with Crippen LogP contribution in [0.5, 0.6) is 0 Å². The highest BCUT2D eigenvalue weighted by Gasteiger charge is 2.07. The van der Waals surface area contributed by atoms with E-state index >= 15 is 0 Å². The van der Waals surface area contributed by atoms with Gasteiger partial charge in [-0.05, 0) is 24.3 Å². The first kappa shape index (κ1) is 14.7. The van der Waals surface area contributed by atoms with Crippen LogP contribution in [0.15, 0.2) is 55.4 Å². The molecule has 1 amide bonds. The molecule has 1 aromatic carbocycles. The van der Waals surface area contributed by atoms with Gasteiger partial charge in [-0.25, -0.2) is 15.0 Å². The maximum atomic E-state index is 12.2. The van der Waals surface area contributed by atoms with Crippen LogP contribution in [0.4, 0.5) is 11.4 Å². The van der Waals surface area contributed by atoms with Crippen molar-refractivity contribution in [2.45, 2.75) is 0 Å². The van der Waals surface area contributed by atoms with Crippen molar-refractivity contribution < 1.29 is 4.79 Å². The molecular weight excluding hydrogens is 292 g/mol. The fourth-order valence-corrected chi connectivity index (χ4v) is 2.01. The van der Waals surface area contributed by atoms with Gasteiger partial charge < -0.3 is 10.2 Å². The summed E-state index contributed by atoms with van der Waals surface area (Å²) < 4.78 is 1.69. The number of amides is 1. The van der Waals surface area contributed by atoms with E-state index in [9.17, 15) is 4.79 Å². The number of carbonyl (C=O) groups excluding carboxylic acids is 1. The van der Waals surface area contributed by atoms with Crippen LogP contribution in [-0.2, 0) is 0 Å². The lowest BCUT2D eigenvalue weighted by molar-refractivity contribution is 0.102. The van der Waals surface area contributed by atoms with Crippen LogP contribution >= 0.6 is 0 Å². The van der Waals surface area contributed by atoms with Crippen LogP contribution in [0.25, 0.3) is 5.95 Å². The molecule has 0 bridgehead atoms. The van der Waals surface area contributed by atoms with Gasteiger partial charge in [-0.15, -0.1) is 0 Å². The molecule has 0 radical (unpaired) electrons. The summed E-state index contributed by atoms with van der Waals surface area (Å²) in [4.78, 5) is 26.5. The zero-order chi connectivity index (χ0) is 16.2. The number of nitrogens with zero attached hydrogens (tertiary/aromatic N) is 5. The van der Waals surface area contributed by atoms with Crippen LogP contribution in [0.3, 0.4) is 0 Å². The lowest BCUT2D eigenvalue weighted by Gasteiger charge is -2.12. The molecule has 7 nitrogen and oxygen atoms in total. The van der Waals surface area contributed by atoms with E-state index in [-0.39, 0.29) is 5.91 Å². The van der Waals surface area contributed by atoms with E-state index in [1.807, 2.05) is 31.1 Å². The number of carbonyl (C=O) groups is 1. The Morgan fingerprint density at radius 3 is 2.39 bits per heavy atom. The Morgan fingerprint density at radius 2 is 1.83 bits per heavy atom. The zero-order valence-electron chi connectivity index (χ0n) is 12.8. The van der Waals surface area contributed by atoms with Gasteiger partial charge in [0.1, 0.15) is 6.33 Å². The summed E-state index contributed by atoms with van der Waals surface area (Å²) >= 11 is 0. The van der Waals surface area contributed by atoms with Crippen molar-refractivity contribution >= 4 is 17.3 Å². The molecule has 3 aromatic rings. The molecule has 0 saturated carbocycles. The standard InChI is InChI=1S/C16H16N6O/c1-21(2)14-5-3-12(4-6-14)15(23)20-13-9-18-16(19-10-13)22-8-7-17-11-22/h3-11H,1-2H3,(H,20,23). The SMILES string of the molecule is CN(C)c1ccc(C(=O)Nc2cnc(-n3ccnc3)nc2)cc1. The first-order valence-corrected chi connectivity index (χ1v) is 7.02. The first-order chi connectivity index (χ1) is 11.1. The molecule has 3 rings (SSSR count). The molecular formula is C16H16N6O. The van der Waals surface area contributed by atoms with Crippen molar-refractivity contribution in [3.8, 4) is 5.95 Å². The molecule has 0 atom stereocenters. The van der Waals surface area contributed by atoms with Crippen molar-refractivity contribution in [2.75, 3.05) is 24.3 Å². The Bertz CT molecular complexity index is 778. The third-order valence-corrected chi connectivity index (χ3v) is 3.28. The quantitative estimate of drug-likeness (QED) is 0.797. The molecule has 0 aliphatic carbocycles. The predicted molar refractivity (Wildman–Crippen MR) is 87.9 cm³/mol. The Kier molecular flexibility index (Phi) is 4.01. The summed E-state index contributed by atoms with van der Waals surface area (Å²) in [6.45, 7) is 0. The smallest absolute Gasteiger partial charge is 0.255 e. The molecule has 23 heavy (non-hydrogen) atoms. The Hall–Kier alpha value is -3.22. The van der Waals surface area contributed by atoms with E-state index in [0.717, 1.165) is 5.69 Å². The predicted octanol–water partition coefficient (Wildman–Crippen LogP) is 1.98. The van der Waals surface area contributed by atoms with E-state index in [1.54, 1.807) is 47.8 Å². The molecule has 0 aliphatic rings. The van der Waals surface area contributed by atoms with Crippen LogP contribution < -0.4 is 10.2 Å². The molecule has 0 aliphatic heterocycles. The van der Waals surface area contributed by atoms with Crippen molar-refractivity contribution in [3.05, 3.63) is 60.9 Å². The van der Waals surface area contributed by atoms with Gasteiger partial charge in [-0.3, -0.25) is 9.36 Å². The molecule has 0 spiro atoms. The third kappa shape index (κ3) is 3.34. The van der Waals surface area contributed by atoms with Gasteiger partial charge in [-0.2, -0.15) is 0 Å². The number of rotatable bonds is 4. The normalized spacial score (nSPS) is 10.3. The van der Waals surface area contributed by atoms with Crippen LogP contribution in [0, 0.1) is 0 Å². The maximum Gasteiger partial charge on any atom is 0.255 e. The summed E-state index contributed by atoms with van der Waals surface area (Å²) in [5.41, 5.74) is 2.15. The van der Waals surface area contributed by atoms with Gasteiger partial charge in [0.2, 0.25) is 5.95 Å². The van der Waals surface area contributed by atoms with Crippen molar-refractivity contribution in [1.82, 2.24) is 19.5 Å². The number of imidazole rings is 1. The third-order valence-electron chi connectivity index (χ3n) is 3.28. The molecule has 2 heterocycles. The van der Waals surface area contributed by atoms with Gasteiger partial charge in [-0.1, -0.05) is 0 Å². The summed E-state index contributed by atoms with van der Waals surface area (Å²) in [5, 5.41) is 2.78. The van der Waals surface area contributed by atoms with Crippen LogP contribution in [-0.4, -0.2) is 39.5 Å². The van der Waals surface area contributed by atoms with E-state index in [4.69, 9.17) is 0 Å². The zero-order valence-corrected chi connectivity index (χ0v) is 12.8. The summed E-state index contributed by atoms with van der Waals surface area (Å²) in [6, 6.07) is 7.36. The Morgan fingerprint density at radius 1 is 1.13 bits per heavy atom. The highest BCUT2D eigenvalue weighted by Crippen LogP contribution is 2.14. The van der Waals surface area contributed by atoms with E-state index in [1.165, 1.54) is 0 Å². The minimum absolute atomic E-state index is 0.200. The fourth-order valence-electron chi connectivity index (χ4n) is 2.01. The number of hydrogen-bond donors (Lipinski definition) is 1. The number of benzene rings is 1. The average Bonchev–Trinajstić information content (AvgIpc) is 3.10. The lowest BCUT2D eigenvalue weighted by atomic mass is 10.2. The van der Waals surface area contributed by atoms with E-state index < -0.39 is 0 Å². The topological polar surface area (TPSA) is 75.9 Å². The Labute approximate surface area is 133 Å². The van der Waals surface area contributed by atoms with Crippen molar-refractivity contribution in [1.29, 1.82) is 0 Å². The highest BCUT2D eigenvalue weighted by atomic mass is 16.1. The molecule has 2 aromatic heterocycles. The monoisotopic (exact) mass is 308 g/mol. The second kappa shape index (κ2) is 6.27. The van der Waals surface area contributed by atoms with Gasteiger partial charge >= 0.3 is 0 Å². The minimum atomic E-state index is -0.200. The Balaban J connectivity index is 1.70. The first-order valence-electron chi connectivity index (χ1n) is 7.02. The molecule has 0 unspecified atom stereocenters. The maximum absolute atomic E-state index is 12.2. The molecule has 116 valence electrons. The largest absolute Gasteiger partial charge is 0.378 e. The van der Waals surface area contributed by atoms with Gasteiger partial charge in [0.25, 0.3) is 5.91 Å². The fraction of sp³-hybridized carbons (Fsp3) is 0.125. The van der Waals surface area contributed by atoms with E-state index in [0.29, 0.717) is 17.2 Å². The second-order valence-corrected chi connectivity index (χ2v) is 5.14. The summed E-state index contributed by atoms with van der Waals surface area (Å²) in [7, 11) is 3.91. The van der Waals surface area contributed by atoms with E-state index in [2.05, 4.69) is 20.3 Å². The second-order valence-electron chi connectivity index (χ2n) is 5.14. The van der Waals surface area contributed by atoms with Crippen molar-refractivity contribution in [3.63, 3.8) is 0 Å². The number of hydrogen-bond acceptors (Lipinski definition) is 5. The average molecular weight is 308 g/mol. The number of aromatic nitrogens is 4. The number of anilines is 2. The molecule has 0 fully saturated rings. The van der Waals surface area contributed by atoms with Crippen molar-refractivity contribution in [2.24, 2.45) is 0 Å². The van der Waals surface area contributed by atoms with Gasteiger partial charge in [0.05, 0.1) is 18.1 Å². The summed E-state index contributed by atoms with van der Waals surface area (Å²) in [6.07, 6.45) is 8.14. The van der Waals surface area contributed by atoms with Gasteiger partial charge in [0, 0.05) is 37.7 Å². The number of nitrogens with one attached hydrogen (secondary N) is 1. The molecule has 1 N–H and O–H groups in total.